The monoisotopic (exact) mass is 371 g/mol. The molecule has 7 heteroatoms. The summed E-state index contributed by atoms with van der Waals surface area (Å²) in [6, 6.07) is 3.15. The Labute approximate surface area is 155 Å². The van der Waals surface area contributed by atoms with Gasteiger partial charge in [-0.25, -0.2) is 9.78 Å². The Kier molecular flexibility index (Phi) is 5.46. The van der Waals surface area contributed by atoms with Crippen LogP contribution in [0.2, 0.25) is 0 Å². The van der Waals surface area contributed by atoms with Crippen LogP contribution in [0, 0.1) is 12.8 Å². The van der Waals surface area contributed by atoms with E-state index >= 15 is 0 Å². The van der Waals surface area contributed by atoms with E-state index in [2.05, 4.69) is 28.8 Å². The third-order valence-corrected chi connectivity index (χ3v) is 5.46. The molecule has 3 rings (SSSR count). The number of rotatable bonds is 6. The van der Waals surface area contributed by atoms with Crippen molar-refractivity contribution in [3.63, 3.8) is 0 Å². The molecule has 0 unspecified atom stereocenters. The molecule has 0 amide bonds. The minimum Gasteiger partial charge on any atom is -0.454 e. The molecular formula is C19H21N3O3S. The Morgan fingerprint density at radius 1 is 1.35 bits per heavy atom. The van der Waals surface area contributed by atoms with Crippen molar-refractivity contribution in [1.29, 1.82) is 0 Å². The fourth-order valence-electron chi connectivity index (χ4n) is 2.73. The van der Waals surface area contributed by atoms with Gasteiger partial charge in [0.1, 0.15) is 17.3 Å². The zero-order valence-corrected chi connectivity index (χ0v) is 15.9. The van der Waals surface area contributed by atoms with Crippen molar-refractivity contribution in [2.24, 2.45) is 5.92 Å². The summed E-state index contributed by atoms with van der Waals surface area (Å²) in [6.45, 7) is 6.26. The molecule has 0 aliphatic carbocycles. The molecule has 136 valence electrons. The number of aryl methyl sites for hydroxylation is 1. The molecule has 6 nitrogen and oxygen atoms in total. The highest BCUT2D eigenvalue weighted by Crippen LogP contribution is 2.29. The Morgan fingerprint density at radius 3 is 2.77 bits per heavy atom. The molecule has 0 aromatic carbocycles. The number of hydrogen-bond donors (Lipinski definition) is 1. The van der Waals surface area contributed by atoms with E-state index in [1.165, 1.54) is 23.7 Å². The first-order valence-electron chi connectivity index (χ1n) is 8.57. The lowest BCUT2D eigenvalue weighted by Crippen LogP contribution is -2.15. The number of esters is 1. The molecular weight excluding hydrogens is 350 g/mol. The number of thiophene rings is 1. The van der Waals surface area contributed by atoms with Crippen LogP contribution in [0.25, 0.3) is 10.2 Å². The van der Waals surface area contributed by atoms with Gasteiger partial charge in [-0.3, -0.25) is 9.78 Å². The molecule has 26 heavy (non-hydrogen) atoms. The molecule has 0 radical (unpaired) electrons. The zero-order valence-electron chi connectivity index (χ0n) is 15.0. The van der Waals surface area contributed by atoms with Gasteiger partial charge in [0.05, 0.1) is 10.9 Å². The molecule has 1 N–H and O–H groups in total. The standard InChI is InChI=1S/C19H21N3O3S/c1-4-11(2)9-14-12(3)26-18-16(14)17(23)21-15(22-18)10-25-19(24)13-5-7-20-8-6-13/h5-8,11H,4,9-10H2,1-3H3,(H,21,22,23)/t11-/m0/s1. The van der Waals surface area contributed by atoms with E-state index in [1.54, 1.807) is 12.1 Å². The Bertz CT molecular complexity index is 979. The van der Waals surface area contributed by atoms with Gasteiger partial charge in [0.15, 0.2) is 0 Å². The number of hydrogen-bond acceptors (Lipinski definition) is 6. The Morgan fingerprint density at radius 2 is 2.08 bits per heavy atom. The average Bonchev–Trinajstić information content (AvgIpc) is 2.96. The fourth-order valence-corrected chi connectivity index (χ4v) is 3.80. The maximum Gasteiger partial charge on any atom is 0.338 e. The first kappa shape index (κ1) is 18.3. The smallest absolute Gasteiger partial charge is 0.338 e. The molecule has 0 aliphatic rings. The third kappa shape index (κ3) is 3.83. The number of aromatic amines is 1. The van der Waals surface area contributed by atoms with E-state index in [1.807, 2.05) is 6.92 Å². The van der Waals surface area contributed by atoms with Crippen molar-refractivity contribution < 1.29 is 9.53 Å². The van der Waals surface area contributed by atoms with E-state index in [4.69, 9.17) is 4.74 Å². The lowest BCUT2D eigenvalue weighted by Gasteiger charge is -2.08. The summed E-state index contributed by atoms with van der Waals surface area (Å²) in [5.41, 5.74) is 1.31. The second kappa shape index (κ2) is 7.78. The highest BCUT2D eigenvalue weighted by Gasteiger charge is 2.17. The minimum atomic E-state index is -0.477. The van der Waals surface area contributed by atoms with Crippen LogP contribution >= 0.6 is 11.3 Å². The van der Waals surface area contributed by atoms with E-state index in [0.29, 0.717) is 27.5 Å². The van der Waals surface area contributed by atoms with Crippen LogP contribution in [0.15, 0.2) is 29.3 Å². The number of pyridine rings is 1. The summed E-state index contributed by atoms with van der Waals surface area (Å²) in [7, 11) is 0. The molecule has 3 aromatic rings. The van der Waals surface area contributed by atoms with Gasteiger partial charge < -0.3 is 9.72 Å². The molecule has 3 aromatic heterocycles. The molecule has 0 saturated carbocycles. The third-order valence-electron chi connectivity index (χ3n) is 4.42. The molecule has 0 saturated heterocycles. The Balaban J connectivity index is 1.83. The summed E-state index contributed by atoms with van der Waals surface area (Å²) in [5.74, 6) is 0.378. The summed E-state index contributed by atoms with van der Waals surface area (Å²) in [6.07, 6.45) is 4.97. The van der Waals surface area contributed by atoms with Crippen molar-refractivity contribution in [2.75, 3.05) is 0 Å². The van der Waals surface area contributed by atoms with Gasteiger partial charge in [-0.1, -0.05) is 20.3 Å². The first-order chi connectivity index (χ1) is 12.5. The van der Waals surface area contributed by atoms with Crippen LogP contribution in [-0.2, 0) is 17.8 Å². The number of carbonyl (C=O) groups is 1. The minimum absolute atomic E-state index is 0.0794. The second-order valence-corrected chi connectivity index (χ2v) is 7.56. The SMILES string of the molecule is CC[C@H](C)Cc1c(C)sc2nc(COC(=O)c3ccncc3)[nH]c(=O)c12. The maximum absolute atomic E-state index is 12.6. The zero-order chi connectivity index (χ0) is 18.7. The van der Waals surface area contributed by atoms with Crippen molar-refractivity contribution in [1.82, 2.24) is 15.0 Å². The number of nitrogens with one attached hydrogen (secondary N) is 1. The molecule has 0 aliphatic heterocycles. The maximum atomic E-state index is 12.6. The summed E-state index contributed by atoms with van der Waals surface area (Å²) >= 11 is 1.51. The van der Waals surface area contributed by atoms with Gasteiger partial charge in [-0.05, 0) is 37.0 Å². The van der Waals surface area contributed by atoms with Crippen molar-refractivity contribution in [3.8, 4) is 0 Å². The number of nitrogens with zero attached hydrogens (tertiary/aromatic N) is 2. The van der Waals surface area contributed by atoms with Gasteiger partial charge >= 0.3 is 5.97 Å². The number of ether oxygens (including phenoxy) is 1. The number of carbonyl (C=O) groups excluding carboxylic acids is 1. The largest absolute Gasteiger partial charge is 0.454 e. The molecule has 1 atom stereocenters. The molecule has 0 spiro atoms. The van der Waals surface area contributed by atoms with Gasteiger partial charge in [-0.15, -0.1) is 11.3 Å². The van der Waals surface area contributed by atoms with Gasteiger partial charge in [0.2, 0.25) is 0 Å². The van der Waals surface area contributed by atoms with Crippen molar-refractivity contribution in [2.45, 2.75) is 40.2 Å². The van der Waals surface area contributed by atoms with E-state index in [0.717, 1.165) is 23.3 Å². The highest BCUT2D eigenvalue weighted by molar-refractivity contribution is 7.18. The van der Waals surface area contributed by atoms with Crippen molar-refractivity contribution >= 4 is 27.5 Å². The Hall–Kier alpha value is -2.54. The predicted octanol–water partition coefficient (Wildman–Crippen LogP) is 3.63. The first-order valence-corrected chi connectivity index (χ1v) is 9.39. The van der Waals surface area contributed by atoms with Crippen LogP contribution < -0.4 is 5.56 Å². The van der Waals surface area contributed by atoms with Gasteiger partial charge in [0, 0.05) is 17.3 Å². The second-order valence-electron chi connectivity index (χ2n) is 6.36. The van der Waals surface area contributed by atoms with Crippen LogP contribution in [0.5, 0.6) is 0 Å². The number of H-pyrrole nitrogens is 1. The normalized spacial score (nSPS) is 12.3. The summed E-state index contributed by atoms with van der Waals surface area (Å²) in [4.78, 5) is 37.5. The van der Waals surface area contributed by atoms with Gasteiger partial charge in [0.25, 0.3) is 5.56 Å². The van der Waals surface area contributed by atoms with Crippen LogP contribution in [0.4, 0.5) is 0 Å². The topological polar surface area (TPSA) is 84.9 Å². The van der Waals surface area contributed by atoms with E-state index in [-0.39, 0.29) is 12.2 Å². The van der Waals surface area contributed by atoms with Crippen LogP contribution in [-0.4, -0.2) is 20.9 Å². The van der Waals surface area contributed by atoms with E-state index < -0.39 is 5.97 Å². The molecule has 0 fully saturated rings. The molecule has 3 heterocycles. The summed E-state index contributed by atoms with van der Waals surface area (Å²) in [5, 5.41) is 0.664. The lowest BCUT2D eigenvalue weighted by atomic mass is 9.98. The average molecular weight is 371 g/mol. The van der Waals surface area contributed by atoms with Crippen LogP contribution in [0.3, 0.4) is 0 Å². The van der Waals surface area contributed by atoms with Crippen LogP contribution in [0.1, 0.15) is 46.9 Å². The lowest BCUT2D eigenvalue weighted by molar-refractivity contribution is 0.0462. The number of aromatic nitrogens is 3. The summed E-state index contributed by atoms with van der Waals surface area (Å²) < 4.78 is 5.24. The highest BCUT2D eigenvalue weighted by atomic mass is 32.1. The predicted molar refractivity (Wildman–Crippen MR) is 101 cm³/mol. The van der Waals surface area contributed by atoms with Gasteiger partial charge in [-0.2, -0.15) is 0 Å². The van der Waals surface area contributed by atoms with Crippen molar-refractivity contribution in [3.05, 3.63) is 56.7 Å². The molecule has 0 bridgehead atoms. The fraction of sp³-hybridized carbons (Fsp3) is 0.368. The quantitative estimate of drug-likeness (QED) is 0.669. The number of fused-ring (bicyclic) bond motifs is 1. The van der Waals surface area contributed by atoms with E-state index in [9.17, 15) is 9.59 Å².